The van der Waals surface area contributed by atoms with Crippen molar-refractivity contribution in [1.29, 1.82) is 0 Å². The Hall–Kier alpha value is -1.51. The van der Waals surface area contributed by atoms with Gasteiger partial charge in [-0.25, -0.2) is 0 Å². The van der Waals surface area contributed by atoms with Gasteiger partial charge in [-0.05, 0) is 48.3 Å². The topological polar surface area (TPSA) is 40.5 Å². The quantitative estimate of drug-likeness (QED) is 0.903. The molecule has 2 rings (SSSR count). The summed E-state index contributed by atoms with van der Waals surface area (Å²) in [5.74, 6) is 1.09. The van der Waals surface area contributed by atoms with E-state index in [4.69, 9.17) is 0 Å². The molecule has 1 aromatic carbocycles. The van der Waals surface area contributed by atoms with E-state index in [2.05, 4.69) is 20.8 Å². The number of carbonyl (C=O) groups excluding carboxylic acids is 1. The van der Waals surface area contributed by atoms with Gasteiger partial charge in [-0.2, -0.15) is 0 Å². The molecule has 1 aliphatic rings. The molecule has 21 heavy (non-hydrogen) atoms. The molecule has 1 unspecified atom stereocenters. The number of nitrogens with zero attached hydrogens (tertiary/aromatic N) is 1. The molecule has 1 N–H and O–H groups in total. The highest BCUT2D eigenvalue weighted by molar-refractivity contribution is 5.78. The van der Waals surface area contributed by atoms with Gasteiger partial charge in [0.15, 0.2) is 0 Å². The number of benzene rings is 1. The number of phenols is 1. The summed E-state index contributed by atoms with van der Waals surface area (Å²) in [4.78, 5) is 14.4. The molecule has 3 heteroatoms. The SMILES string of the molecule is CC(C)(C)C1CCCN(C(=O)Cc2cccc(O)c2)CC1. The molecule has 1 aromatic rings. The number of hydrogen-bond donors (Lipinski definition) is 1. The minimum absolute atomic E-state index is 0.176. The minimum atomic E-state index is 0.176. The van der Waals surface area contributed by atoms with Crippen LogP contribution >= 0.6 is 0 Å². The van der Waals surface area contributed by atoms with Gasteiger partial charge in [-0.3, -0.25) is 4.79 Å². The molecule has 0 spiro atoms. The molecule has 0 aromatic heterocycles. The molecule has 0 saturated carbocycles. The van der Waals surface area contributed by atoms with Gasteiger partial charge in [0.1, 0.15) is 5.75 Å². The first-order valence-electron chi connectivity index (χ1n) is 7.92. The molecule has 1 heterocycles. The van der Waals surface area contributed by atoms with E-state index in [0.29, 0.717) is 17.8 Å². The number of rotatable bonds is 2. The van der Waals surface area contributed by atoms with Crippen LogP contribution in [0.5, 0.6) is 5.75 Å². The Bertz CT molecular complexity index is 490. The summed E-state index contributed by atoms with van der Waals surface area (Å²) in [5, 5.41) is 9.48. The van der Waals surface area contributed by atoms with Gasteiger partial charge >= 0.3 is 0 Å². The van der Waals surface area contributed by atoms with E-state index in [1.165, 1.54) is 6.42 Å². The van der Waals surface area contributed by atoms with Crippen molar-refractivity contribution in [1.82, 2.24) is 4.90 Å². The highest BCUT2D eigenvalue weighted by atomic mass is 16.3. The molecule has 0 radical (unpaired) electrons. The van der Waals surface area contributed by atoms with Crippen LogP contribution in [0.2, 0.25) is 0 Å². The lowest BCUT2D eigenvalue weighted by atomic mass is 9.77. The van der Waals surface area contributed by atoms with E-state index in [1.54, 1.807) is 18.2 Å². The molecule has 0 bridgehead atoms. The molecular formula is C18H27NO2. The molecule has 1 atom stereocenters. The average Bonchev–Trinajstić information content (AvgIpc) is 2.63. The van der Waals surface area contributed by atoms with Crippen LogP contribution < -0.4 is 0 Å². The lowest BCUT2D eigenvalue weighted by Gasteiger charge is -2.29. The van der Waals surface area contributed by atoms with Crippen molar-refractivity contribution in [2.45, 2.75) is 46.5 Å². The Labute approximate surface area is 128 Å². The van der Waals surface area contributed by atoms with Crippen LogP contribution in [0.1, 0.15) is 45.6 Å². The smallest absolute Gasteiger partial charge is 0.226 e. The van der Waals surface area contributed by atoms with Gasteiger partial charge in [0.05, 0.1) is 6.42 Å². The minimum Gasteiger partial charge on any atom is -0.508 e. The second-order valence-corrected chi connectivity index (χ2v) is 7.22. The van der Waals surface area contributed by atoms with E-state index in [1.807, 2.05) is 11.0 Å². The lowest BCUT2D eigenvalue weighted by Crippen LogP contribution is -2.33. The average molecular weight is 289 g/mol. The number of amides is 1. The van der Waals surface area contributed by atoms with Crippen molar-refractivity contribution in [3.05, 3.63) is 29.8 Å². The van der Waals surface area contributed by atoms with Gasteiger partial charge in [-0.15, -0.1) is 0 Å². The largest absolute Gasteiger partial charge is 0.508 e. The van der Waals surface area contributed by atoms with Gasteiger partial charge in [0.25, 0.3) is 0 Å². The first-order valence-corrected chi connectivity index (χ1v) is 7.92. The summed E-state index contributed by atoms with van der Waals surface area (Å²) in [5.41, 5.74) is 1.21. The molecule has 0 aliphatic carbocycles. The number of likely N-dealkylation sites (tertiary alicyclic amines) is 1. The van der Waals surface area contributed by atoms with Crippen LogP contribution in [0.3, 0.4) is 0 Å². The van der Waals surface area contributed by atoms with Crippen molar-refractivity contribution in [3.63, 3.8) is 0 Å². The van der Waals surface area contributed by atoms with E-state index in [-0.39, 0.29) is 11.7 Å². The van der Waals surface area contributed by atoms with Gasteiger partial charge in [0, 0.05) is 13.1 Å². The third-order valence-electron chi connectivity index (χ3n) is 4.57. The summed E-state index contributed by atoms with van der Waals surface area (Å²) in [6.45, 7) is 8.61. The number of hydrogen-bond acceptors (Lipinski definition) is 2. The normalized spacial score (nSPS) is 20.1. The highest BCUT2D eigenvalue weighted by Crippen LogP contribution is 2.34. The predicted octanol–water partition coefficient (Wildman–Crippen LogP) is 3.61. The first kappa shape index (κ1) is 15.9. The van der Waals surface area contributed by atoms with E-state index in [0.717, 1.165) is 31.5 Å². The molecule has 1 fully saturated rings. The number of carbonyl (C=O) groups is 1. The van der Waals surface area contributed by atoms with Gasteiger partial charge < -0.3 is 10.0 Å². The maximum Gasteiger partial charge on any atom is 0.226 e. The van der Waals surface area contributed by atoms with Crippen molar-refractivity contribution < 1.29 is 9.90 Å². The Morgan fingerprint density at radius 1 is 1.29 bits per heavy atom. The third-order valence-corrected chi connectivity index (χ3v) is 4.57. The summed E-state index contributed by atoms with van der Waals surface area (Å²) >= 11 is 0. The number of phenolic OH excluding ortho intramolecular Hbond substituents is 1. The summed E-state index contributed by atoms with van der Waals surface area (Å²) < 4.78 is 0. The van der Waals surface area contributed by atoms with Crippen LogP contribution in [0.25, 0.3) is 0 Å². The zero-order valence-corrected chi connectivity index (χ0v) is 13.4. The summed E-state index contributed by atoms with van der Waals surface area (Å²) in [6.07, 6.45) is 3.77. The van der Waals surface area contributed by atoms with Crippen LogP contribution in [0.4, 0.5) is 0 Å². The van der Waals surface area contributed by atoms with Crippen LogP contribution in [0, 0.1) is 11.3 Å². The lowest BCUT2D eigenvalue weighted by molar-refractivity contribution is -0.130. The molecule has 3 nitrogen and oxygen atoms in total. The zero-order valence-electron chi connectivity index (χ0n) is 13.4. The second kappa shape index (κ2) is 6.50. The van der Waals surface area contributed by atoms with Crippen molar-refractivity contribution in [2.24, 2.45) is 11.3 Å². The monoisotopic (exact) mass is 289 g/mol. The molecule has 1 amide bonds. The predicted molar refractivity (Wildman–Crippen MR) is 85.2 cm³/mol. The van der Waals surface area contributed by atoms with E-state index in [9.17, 15) is 9.90 Å². The van der Waals surface area contributed by atoms with Crippen LogP contribution in [0.15, 0.2) is 24.3 Å². The van der Waals surface area contributed by atoms with E-state index < -0.39 is 0 Å². The summed E-state index contributed by atoms with van der Waals surface area (Å²) in [7, 11) is 0. The highest BCUT2D eigenvalue weighted by Gasteiger charge is 2.28. The Kier molecular flexibility index (Phi) is 4.92. The maximum absolute atomic E-state index is 12.4. The fourth-order valence-electron chi connectivity index (χ4n) is 3.16. The molecule has 1 aliphatic heterocycles. The Morgan fingerprint density at radius 3 is 2.71 bits per heavy atom. The fraction of sp³-hybridized carbons (Fsp3) is 0.611. The maximum atomic E-state index is 12.4. The Morgan fingerprint density at radius 2 is 2.05 bits per heavy atom. The molecule has 1 saturated heterocycles. The second-order valence-electron chi connectivity index (χ2n) is 7.22. The van der Waals surface area contributed by atoms with Crippen LogP contribution in [-0.4, -0.2) is 29.0 Å². The zero-order chi connectivity index (χ0) is 15.5. The molecular weight excluding hydrogens is 262 g/mol. The number of aromatic hydroxyl groups is 1. The van der Waals surface area contributed by atoms with Crippen molar-refractivity contribution in [3.8, 4) is 5.75 Å². The first-order chi connectivity index (χ1) is 9.86. The summed E-state index contributed by atoms with van der Waals surface area (Å²) in [6, 6.07) is 6.99. The van der Waals surface area contributed by atoms with Gasteiger partial charge in [0.2, 0.25) is 5.91 Å². The van der Waals surface area contributed by atoms with Crippen LogP contribution in [-0.2, 0) is 11.2 Å². The third kappa shape index (κ3) is 4.48. The van der Waals surface area contributed by atoms with E-state index >= 15 is 0 Å². The van der Waals surface area contributed by atoms with Gasteiger partial charge in [-0.1, -0.05) is 32.9 Å². The Balaban J connectivity index is 1.94. The molecule has 116 valence electrons. The standard InChI is InChI=1S/C18H27NO2/c1-18(2,3)15-7-5-10-19(11-9-15)17(21)13-14-6-4-8-16(20)12-14/h4,6,8,12,15,20H,5,7,9-11,13H2,1-3H3. The fourth-order valence-corrected chi connectivity index (χ4v) is 3.16. The van der Waals surface area contributed by atoms with Crippen molar-refractivity contribution in [2.75, 3.05) is 13.1 Å². The van der Waals surface area contributed by atoms with Crippen molar-refractivity contribution >= 4 is 5.91 Å².